The van der Waals surface area contributed by atoms with Crippen molar-refractivity contribution in [1.82, 2.24) is 15.1 Å². The standard InChI is InChI=1S/C17H26N4O3/c1-5-6-7-11-14(22)12-9-8-10-13-15(12)21(20-18-13)19-16(23)24-17(2,3)4/h8-10,14,22H,5-7,11H2,1-4H3,(H,19,23). The van der Waals surface area contributed by atoms with Crippen LogP contribution in [0.25, 0.3) is 11.0 Å². The van der Waals surface area contributed by atoms with Crippen molar-refractivity contribution in [2.75, 3.05) is 5.43 Å². The first kappa shape index (κ1) is 18.2. The zero-order chi connectivity index (χ0) is 17.7. The smallest absolute Gasteiger partial charge is 0.428 e. The summed E-state index contributed by atoms with van der Waals surface area (Å²) < 4.78 is 5.24. The fraction of sp³-hybridized carbons (Fsp3) is 0.588. The molecule has 1 unspecified atom stereocenters. The molecule has 1 atom stereocenters. The number of unbranched alkanes of at least 4 members (excludes halogenated alkanes) is 2. The molecule has 2 aromatic rings. The van der Waals surface area contributed by atoms with Gasteiger partial charge in [-0.15, -0.1) is 9.89 Å². The number of benzene rings is 1. The molecule has 0 radical (unpaired) electrons. The van der Waals surface area contributed by atoms with Gasteiger partial charge in [-0.05, 0) is 38.5 Å². The topological polar surface area (TPSA) is 89.3 Å². The number of carbonyl (C=O) groups excluding carboxylic acids is 1. The predicted octanol–water partition coefficient (Wildman–Crippen LogP) is 3.52. The number of nitrogens with one attached hydrogen (secondary N) is 1. The van der Waals surface area contributed by atoms with Crippen molar-refractivity contribution in [3.63, 3.8) is 0 Å². The zero-order valence-electron chi connectivity index (χ0n) is 14.7. The van der Waals surface area contributed by atoms with Gasteiger partial charge in [0.15, 0.2) is 0 Å². The molecule has 1 amide bonds. The molecule has 1 heterocycles. The first-order valence-electron chi connectivity index (χ1n) is 8.34. The van der Waals surface area contributed by atoms with Crippen LogP contribution in [0.5, 0.6) is 0 Å². The predicted molar refractivity (Wildman–Crippen MR) is 92.2 cm³/mol. The maximum atomic E-state index is 12.0. The molecule has 132 valence electrons. The van der Waals surface area contributed by atoms with Crippen LogP contribution in [-0.2, 0) is 4.74 Å². The first-order chi connectivity index (χ1) is 11.3. The van der Waals surface area contributed by atoms with Crippen LogP contribution in [0.4, 0.5) is 4.79 Å². The number of rotatable bonds is 6. The quantitative estimate of drug-likeness (QED) is 0.789. The van der Waals surface area contributed by atoms with Gasteiger partial charge in [0, 0.05) is 5.56 Å². The summed E-state index contributed by atoms with van der Waals surface area (Å²) in [6.45, 7) is 7.48. The van der Waals surface area contributed by atoms with Crippen LogP contribution in [0.3, 0.4) is 0 Å². The molecule has 0 saturated heterocycles. The molecule has 0 fully saturated rings. The number of carbonyl (C=O) groups is 1. The number of nitrogens with zero attached hydrogens (tertiary/aromatic N) is 3. The fourth-order valence-electron chi connectivity index (χ4n) is 2.48. The zero-order valence-corrected chi connectivity index (χ0v) is 14.7. The summed E-state index contributed by atoms with van der Waals surface area (Å²) >= 11 is 0. The lowest BCUT2D eigenvalue weighted by Crippen LogP contribution is -2.32. The summed E-state index contributed by atoms with van der Waals surface area (Å²) in [6, 6.07) is 5.45. The molecule has 2 N–H and O–H groups in total. The minimum Gasteiger partial charge on any atom is -0.443 e. The van der Waals surface area contributed by atoms with Crippen molar-refractivity contribution >= 4 is 17.1 Å². The van der Waals surface area contributed by atoms with E-state index in [4.69, 9.17) is 4.74 Å². The van der Waals surface area contributed by atoms with E-state index < -0.39 is 17.8 Å². The van der Waals surface area contributed by atoms with Crippen molar-refractivity contribution in [3.8, 4) is 0 Å². The maximum absolute atomic E-state index is 12.0. The molecule has 2 rings (SSSR count). The van der Waals surface area contributed by atoms with E-state index in [1.807, 2.05) is 12.1 Å². The van der Waals surface area contributed by atoms with E-state index in [2.05, 4.69) is 22.7 Å². The normalized spacial score (nSPS) is 13.0. The Morgan fingerprint density at radius 1 is 1.38 bits per heavy atom. The highest BCUT2D eigenvalue weighted by Gasteiger charge is 2.20. The Kier molecular flexibility index (Phi) is 5.77. The highest BCUT2D eigenvalue weighted by atomic mass is 16.6. The average molecular weight is 334 g/mol. The number of fused-ring (bicyclic) bond motifs is 1. The van der Waals surface area contributed by atoms with Crippen LogP contribution < -0.4 is 5.43 Å². The Balaban J connectivity index is 2.24. The molecule has 7 heteroatoms. The molecular weight excluding hydrogens is 308 g/mol. The van der Waals surface area contributed by atoms with Gasteiger partial charge in [0.25, 0.3) is 0 Å². The van der Waals surface area contributed by atoms with E-state index in [1.165, 1.54) is 4.79 Å². The Bertz CT molecular complexity index is 691. The molecule has 1 aromatic carbocycles. The number of hydrogen-bond acceptors (Lipinski definition) is 5. The molecule has 1 aromatic heterocycles. The Hall–Kier alpha value is -2.15. The van der Waals surface area contributed by atoms with Gasteiger partial charge in [-0.25, -0.2) is 10.2 Å². The lowest BCUT2D eigenvalue weighted by molar-refractivity contribution is 0.0610. The van der Waals surface area contributed by atoms with Gasteiger partial charge in [0.2, 0.25) is 0 Å². The van der Waals surface area contributed by atoms with E-state index in [1.54, 1.807) is 26.8 Å². The van der Waals surface area contributed by atoms with Crippen LogP contribution in [0.15, 0.2) is 18.2 Å². The lowest BCUT2D eigenvalue weighted by Gasteiger charge is -2.20. The van der Waals surface area contributed by atoms with Gasteiger partial charge in [-0.2, -0.15) is 0 Å². The number of amides is 1. The van der Waals surface area contributed by atoms with E-state index in [0.717, 1.165) is 19.3 Å². The monoisotopic (exact) mass is 334 g/mol. The second-order valence-corrected chi connectivity index (χ2v) is 6.84. The Labute approximate surface area is 142 Å². The molecule has 0 bridgehead atoms. The Morgan fingerprint density at radius 3 is 2.79 bits per heavy atom. The largest absolute Gasteiger partial charge is 0.443 e. The third kappa shape index (κ3) is 4.67. The maximum Gasteiger partial charge on any atom is 0.428 e. The van der Waals surface area contributed by atoms with Gasteiger partial charge < -0.3 is 9.84 Å². The van der Waals surface area contributed by atoms with Crippen LogP contribution in [0.1, 0.15) is 65.0 Å². The number of ether oxygens (including phenoxy) is 1. The van der Waals surface area contributed by atoms with E-state index in [9.17, 15) is 9.90 Å². The third-order valence-corrected chi connectivity index (χ3v) is 3.54. The van der Waals surface area contributed by atoms with Crippen molar-refractivity contribution in [2.45, 2.75) is 65.1 Å². The number of aliphatic hydroxyl groups is 1. The molecule has 0 spiro atoms. The van der Waals surface area contributed by atoms with Crippen LogP contribution >= 0.6 is 0 Å². The van der Waals surface area contributed by atoms with Gasteiger partial charge in [0.1, 0.15) is 16.6 Å². The number of hydrogen-bond donors (Lipinski definition) is 2. The summed E-state index contributed by atoms with van der Waals surface area (Å²) in [7, 11) is 0. The van der Waals surface area contributed by atoms with Gasteiger partial charge in [0.05, 0.1) is 6.10 Å². The molecule has 0 saturated carbocycles. The SMILES string of the molecule is CCCCCC(O)c1cccc2nnn(NC(=O)OC(C)(C)C)c12. The van der Waals surface area contributed by atoms with Crippen LogP contribution in [0, 0.1) is 0 Å². The average Bonchev–Trinajstić information content (AvgIpc) is 2.88. The van der Waals surface area contributed by atoms with E-state index in [-0.39, 0.29) is 0 Å². The lowest BCUT2D eigenvalue weighted by atomic mass is 10.0. The summed E-state index contributed by atoms with van der Waals surface area (Å²) in [5.74, 6) is 0. The summed E-state index contributed by atoms with van der Waals surface area (Å²) in [5, 5.41) is 18.5. The van der Waals surface area contributed by atoms with Crippen LogP contribution in [-0.4, -0.2) is 31.9 Å². The molecular formula is C17H26N4O3. The summed E-state index contributed by atoms with van der Waals surface area (Å²) in [6.07, 6.45) is 2.51. The Morgan fingerprint density at radius 2 is 2.12 bits per heavy atom. The minimum absolute atomic E-state index is 0.590. The number of aliphatic hydroxyl groups excluding tert-OH is 1. The highest BCUT2D eigenvalue weighted by Crippen LogP contribution is 2.26. The second kappa shape index (κ2) is 7.61. The summed E-state index contributed by atoms with van der Waals surface area (Å²) in [4.78, 5) is 13.2. The van der Waals surface area contributed by atoms with Crippen molar-refractivity contribution in [2.24, 2.45) is 0 Å². The fourth-order valence-corrected chi connectivity index (χ4v) is 2.48. The third-order valence-electron chi connectivity index (χ3n) is 3.54. The molecule has 0 aliphatic heterocycles. The number of aromatic nitrogens is 3. The van der Waals surface area contributed by atoms with Crippen molar-refractivity contribution < 1.29 is 14.6 Å². The molecule has 0 aliphatic rings. The van der Waals surface area contributed by atoms with Gasteiger partial charge >= 0.3 is 6.09 Å². The van der Waals surface area contributed by atoms with Gasteiger partial charge in [-0.1, -0.05) is 38.3 Å². The minimum atomic E-state index is -0.627. The number of para-hydroxylation sites is 1. The molecule has 7 nitrogen and oxygen atoms in total. The van der Waals surface area contributed by atoms with Crippen molar-refractivity contribution in [3.05, 3.63) is 23.8 Å². The second-order valence-electron chi connectivity index (χ2n) is 6.84. The van der Waals surface area contributed by atoms with E-state index >= 15 is 0 Å². The highest BCUT2D eigenvalue weighted by molar-refractivity contribution is 5.83. The van der Waals surface area contributed by atoms with Gasteiger partial charge in [-0.3, -0.25) is 0 Å². The first-order valence-corrected chi connectivity index (χ1v) is 8.34. The van der Waals surface area contributed by atoms with Crippen LogP contribution in [0.2, 0.25) is 0 Å². The van der Waals surface area contributed by atoms with E-state index in [0.29, 0.717) is 23.0 Å². The molecule has 0 aliphatic carbocycles. The van der Waals surface area contributed by atoms with Crippen molar-refractivity contribution in [1.29, 1.82) is 0 Å². The molecule has 24 heavy (non-hydrogen) atoms. The summed E-state index contributed by atoms with van der Waals surface area (Å²) in [5.41, 5.74) is 3.84.